The first-order valence-electron chi connectivity index (χ1n) is 6.33. The first-order chi connectivity index (χ1) is 9.83. The second-order valence-electron chi connectivity index (χ2n) is 4.58. The Hall–Kier alpha value is -1.60. The standard InChI is InChI=1S/C14H15BrN2O3S/c1-3-17-9-11(5-7-14(17)18)16-21(19,20)13-6-4-10(2)8-12(13)15/h4-9,16H,3H2,1-2H3. The van der Waals surface area contributed by atoms with E-state index in [1.165, 1.54) is 29.0 Å². The number of halogens is 1. The quantitative estimate of drug-likeness (QED) is 0.899. The first-order valence-corrected chi connectivity index (χ1v) is 8.60. The van der Waals surface area contributed by atoms with Gasteiger partial charge in [-0.25, -0.2) is 8.42 Å². The number of pyridine rings is 1. The highest BCUT2D eigenvalue weighted by atomic mass is 79.9. The second kappa shape index (κ2) is 6.03. The van der Waals surface area contributed by atoms with Gasteiger partial charge >= 0.3 is 0 Å². The molecule has 2 aromatic rings. The van der Waals surface area contributed by atoms with Gasteiger partial charge in [0.1, 0.15) is 4.90 Å². The van der Waals surface area contributed by atoms with Gasteiger partial charge in [0.2, 0.25) is 0 Å². The van der Waals surface area contributed by atoms with Gasteiger partial charge < -0.3 is 4.57 Å². The van der Waals surface area contributed by atoms with Gasteiger partial charge in [0, 0.05) is 23.3 Å². The topological polar surface area (TPSA) is 68.2 Å². The van der Waals surface area contributed by atoms with E-state index in [1.807, 2.05) is 13.8 Å². The van der Waals surface area contributed by atoms with Crippen LogP contribution >= 0.6 is 15.9 Å². The van der Waals surface area contributed by atoms with E-state index < -0.39 is 10.0 Å². The highest BCUT2D eigenvalue weighted by Crippen LogP contribution is 2.24. The Kier molecular flexibility index (Phi) is 4.53. The molecule has 0 saturated carbocycles. The van der Waals surface area contributed by atoms with Crippen LogP contribution in [0.25, 0.3) is 0 Å². The van der Waals surface area contributed by atoms with Gasteiger partial charge in [0.05, 0.1) is 5.69 Å². The molecule has 0 spiro atoms. The first kappa shape index (κ1) is 15.8. The van der Waals surface area contributed by atoms with Crippen molar-refractivity contribution in [2.75, 3.05) is 4.72 Å². The van der Waals surface area contributed by atoms with Crippen molar-refractivity contribution in [2.45, 2.75) is 25.3 Å². The monoisotopic (exact) mass is 370 g/mol. The lowest BCUT2D eigenvalue weighted by Crippen LogP contribution is -2.20. The second-order valence-corrected chi connectivity index (χ2v) is 7.09. The number of hydrogen-bond donors (Lipinski definition) is 1. The lowest BCUT2D eigenvalue weighted by Gasteiger charge is -2.11. The number of benzene rings is 1. The molecular formula is C14H15BrN2O3S. The molecule has 0 bridgehead atoms. The van der Waals surface area contributed by atoms with E-state index in [0.717, 1.165) is 5.56 Å². The zero-order valence-electron chi connectivity index (χ0n) is 11.6. The van der Waals surface area contributed by atoms with Gasteiger partial charge in [0.25, 0.3) is 15.6 Å². The zero-order chi connectivity index (χ0) is 15.6. The number of anilines is 1. The summed E-state index contributed by atoms with van der Waals surface area (Å²) in [6.45, 7) is 4.17. The van der Waals surface area contributed by atoms with Gasteiger partial charge in [-0.2, -0.15) is 0 Å². The molecule has 0 unspecified atom stereocenters. The summed E-state index contributed by atoms with van der Waals surface area (Å²) in [6, 6.07) is 7.80. The van der Waals surface area contributed by atoms with Crippen LogP contribution in [-0.2, 0) is 16.6 Å². The van der Waals surface area contributed by atoms with Crippen LogP contribution in [0.3, 0.4) is 0 Å². The molecule has 2 rings (SSSR count). The van der Waals surface area contributed by atoms with Crippen molar-refractivity contribution in [1.29, 1.82) is 0 Å². The van der Waals surface area contributed by atoms with E-state index in [9.17, 15) is 13.2 Å². The van der Waals surface area contributed by atoms with Crippen molar-refractivity contribution in [3.63, 3.8) is 0 Å². The molecular weight excluding hydrogens is 356 g/mol. The molecule has 21 heavy (non-hydrogen) atoms. The van der Waals surface area contributed by atoms with Crippen molar-refractivity contribution in [1.82, 2.24) is 4.57 Å². The lowest BCUT2D eigenvalue weighted by molar-refractivity contribution is 0.600. The summed E-state index contributed by atoms with van der Waals surface area (Å²) in [5.41, 5.74) is 1.14. The molecule has 0 aliphatic rings. The molecule has 1 aromatic carbocycles. The summed E-state index contributed by atoms with van der Waals surface area (Å²) in [5.74, 6) is 0. The minimum Gasteiger partial charge on any atom is -0.314 e. The van der Waals surface area contributed by atoms with Crippen molar-refractivity contribution in [3.05, 3.63) is 56.9 Å². The van der Waals surface area contributed by atoms with E-state index >= 15 is 0 Å². The largest absolute Gasteiger partial charge is 0.314 e. The third kappa shape index (κ3) is 3.54. The number of aryl methyl sites for hydroxylation is 2. The maximum absolute atomic E-state index is 12.4. The van der Waals surface area contributed by atoms with Gasteiger partial charge in [-0.05, 0) is 53.5 Å². The van der Waals surface area contributed by atoms with Gasteiger partial charge in [-0.15, -0.1) is 0 Å². The highest BCUT2D eigenvalue weighted by molar-refractivity contribution is 9.10. The molecule has 0 radical (unpaired) electrons. The third-order valence-corrected chi connectivity index (χ3v) is 5.31. The Bertz CT molecular complexity index is 828. The summed E-state index contributed by atoms with van der Waals surface area (Å²) in [4.78, 5) is 11.7. The number of hydrogen-bond acceptors (Lipinski definition) is 3. The predicted molar refractivity (Wildman–Crippen MR) is 86.1 cm³/mol. The Balaban J connectivity index is 2.39. The van der Waals surface area contributed by atoms with Gasteiger partial charge in [0.15, 0.2) is 0 Å². The van der Waals surface area contributed by atoms with Crippen LogP contribution in [-0.4, -0.2) is 13.0 Å². The molecule has 0 aliphatic carbocycles. The molecule has 1 aromatic heterocycles. The van der Waals surface area contributed by atoms with E-state index in [2.05, 4.69) is 20.7 Å². The minimum absolute atomic E-state index is 0.155. The number of rotatable bonds is 4. The van der Waals surface area contributed by atoms with E-state index in [4.69, 9.17) is 0 Å². The molecule has 5 nitrogen and oxygen atoms in total. The fourth-order valence-corrected chi connectivity index (χ4v) is 4.11. The van der Waals surface area contributed by atoms with Crippen molar-refractivity contribution in [3.8, 4) is 0 Å². The minimum atomic E-state index is -3.71. The van der Waals surface area contributed by atoms with Crippen molar-refractivity contribution < 1.29 is 8.42 Å². The molecule has 0 saturated heterocycles. The average molecular weight is 371 g/mol. The van der Waals surface area contributed by atoms with E-state index in [1.54, 1.807) is 12.1 Å². The average Bonchev–Trinajstić information content (AvgIpc) is 2.40. The maximum Gasteiger partial charge on any atom is 0.263 e. The van der Waals surface area contributed by atoms with Crippen molar-refractivity contribution in [2.24, 2.45) is 0 Å². The summed E-state index contributed by atoms with van der Waals surface area (Å²) >= 11 is 3.26. The van der Waals surface area contributed by atoms with Crippen LogP contribution in [0.5, 0.6) is 0 Å². The molecule has 0 amide bonds. The molecule has 0 atom stereocenters. The summed E-state index contributed by atoms with van der Waals surface area (Å²) in [7, 11) is -3.71. The maximum atomic E-state index is 12.4. The SMILES string of the molecule is CCn1cc(NS(=O)(=O)c2ccc(C)cc2Br)ccc1=O. The molecule has 112 valence electrons. The number of nitrogens with one attached hydrogen (secondary N) is 1. The fraction of sp³-hybridized carbons (Fsp3) is 0.214. The lowest BCUT2D eigenvalue weighted by atomic mass is 10.2. The van der Waals surface area contributed by atoms with Crippen LogP contribution in [0.2, 0.25) is 0 Å². The Morgan fingerprint density at radius 1 is 1.24 bits per heavy atom. The predicted octanol–water partition coefficient (Wildman–Crippen LogP) is 2.74. The van der Waals surface area contributed by atoms with Crippen LogP contribution in [0, 0.1) is 6.92 Å². The number of aromatic nitrogens is 1. The van der Waals surface area contributed by atoms with Gasteiger partial charge in [-0.1, -0.05) is 6.07 Å². The van der Waals surface area contributed by atoms with Crippen LogP contribution < -0.4 is 10.3 Å². The summed E-state index contributed by atoms with van der Waals surface area (Å²) in [5, 5.41) is 0. The van der Waals surface area contributed by atoms with E-state index in [0.29, 0.717) is 16.7 Å². The normalized spacial score (nSPS) is 11.4. The van der Waals surface area contributed by atoms with Crippen LogP contribution in [0.15, 0.2) is 50.7 Å². The summed E-state index contributed by atoms with van der Waals surface area (Å²) < 4.78 is 29.2. The fourth-order valence-electron chi connectivity index (χ4n) is 1.87. The van der Waals surface area contributed by atoms with Gasteiger partial charge in [-0.3, -0.25) is 9.52 Å². The molecule has 1 N–H and O–H groups in total. The van der Waals surface area contributed by atoms with Crippen molar-refractivity contribution >= 4 is 31.6 Å². The zero-order valence-corrected chi connectivity index (χ0v) is 14.0. The summed E-state index contributed by atoms with van der Waals surface area (Å²) in [6.07, 6.45) is 1.49. The number of nitrogens with zero attached hydrogens (tertiary/aromatic N) is 1. The smallest absolute Gasteiger partial charge is 0.263 e. The molecule has 0 fully saturated rings. The van der Waals surface area contributed by atoms with Crippen LogP contribution in [0.1, 0.15) is 12.5 Å². The Labute approximate surface area is 131 Å². The molecule has 7 heteroatoms. The van der Waals surface area contributed by atoms with E-state index in [-0.39, 0.29) is 10.5 Å². The molecule has 0 aliphatic heterocycles. The Morgan fingerprint density at radius 3 is 2.57 bits per heavy atom. The Morgan fingerprint density at radius 2 is 1.95 bits per heavy atom. The third-order valence-electron chi connectivity index (χ3n) is 2.95. The number of sulfonamides is 1. The highest BCUT2D eigenvalue weighted by Gasteiger charge is 2.18. The van der Waals surface area contributed by atoms with Crippen LogP contribution in [0.4, 0.5) is 5.69 Å². The molecule has 1 heterocycles.